The van der Waals surface area contributed by atoms with Crippen molar-refractivity contribution in [2.75, 3.05) is 6.54 Å². The third kappa shape index (κ3) is 1.85. The molecule has 0 unspecified atom stereocenters. The molecule has 1 aromatic carbocycles. The predicted octanol–water partition coefficient (Wildman–Crippen LogP) is 3.32. The first kappa shape index (κ1) is 9.91. The van der Waals surface area contributed by atoms with Crippen LogP contribution in [0.5, 0.6) is 0 Å². The number of para-hydroxylation sites is 1. The van der Waals surface area contributed by atoms with Crippen LogP contribution in [0, 0.1) is 5.41 Å². The van der Waals surface area contributed by atoms with Crippen molar-refractivity contribution in [3.8, 4) is 0 Å². The van der Waals surface area contributed by atoms with E-state index in [1.807, 2.05) is 18.4 Å². The van der Waals surface area contributed by atoms with Crippen LogP contribution in [0.2, 0.25) is 0 Å². The van der Waals surface area contributed by atoms with E-state index in [1.54, 1.807) is 0 Å². The Balaban J connectivity index is 1.69. The molecule has 2 aromatic rings. The van der Waals surface area contributed by atoms with Gasteiger partial charge >= 0.3 is 0 Å². The number of fused-ring (bicyclic) bond motifs is 1. The molecule has 0 bridgehead atoms. The van der Waals surface area contributed by atoms with Crippen molar-refractivity contribution in [3.63, 3.8) is 0 Å². The Morgan fingerprint density at radius 2 is 2.12 bits per heavy atom. The van der Waals surface area contributed by atoms with Gasteiger partial charge in [0.05, 0.1) is 6.26 Å². The van der Waals surface area contributed by atoms with E-state index < -0.39 is 0 Å². The van der Waals surface area contributed by atoms with E-state index in [4.69, 9.17) is 4.42 Å². The predicted molar refractivity (Wildman–Crippen MR) is 65.3 cm³/mol. The molecule has 1 saturated carbocycles. The second kappa shape index (κ2) is 3.63. The third-order valence-electron chi connectivity index (χ3n) is 3.53. The lowest BCUT2D eigenvalue weighted by Crippen LogP contribution is -2.21. The van der Waals surface area contributed by atoms with Crippen LogP contribution in [0.1, 0.15) is 25.3 Å². The molecular weight excluding hydrogens is 198 g/mol. The van der Waals surface area contributed by atoms with Crippen LogP contribution in [0.3, 0.4) is 0 Å². The average molecular weight is 215 g/mol. The fourth-order valence-electron chi connectivity index (χ4n) is 2.06. The van der Waals surface area contributed by atoms with Crippen molar-refractivity contribution >= 4 is 11.0 Å². The summed E-state index contributed by atoms with van der Waals surface area (Å²) in [5.41, 5.74) is 2.82. The van der Waals surface area contributed by atoms with Gasteiger partial charge in [-0.05, 0) is 24.3 Å². The Kier molecular flexibility index (Phi) is 2.25. The lowest BCUT2D eigenvalue weighted by atomic mass is 10.1. The zero-order chi connectivity index (χ0) is 11.0. The van der Waals surface area contributed by atoms with Crippen LogP contribution in [0.15, 0.2) is 34.9 Å². The van der Waals surface area contributed by atoms with Crippen LogP contribution >= 0.6 is 0 Å². The van der Waals surface area contributed by atoms with Gasteiger partial charge in [0.1, 0.15) is 5.58 Å². The molecule has 1 aliphatic rings. The molecule has 3 rings (SSSR count). The fourth-order valence-corrected chi connectivity index (χ4v) is 2.06. The molecular formula is C14H17NO. The highest BCUT2D eigenvalue weighted by molar-refractivity contribution is 5.80. The normalized spacial score (nSPS) is 17.8. The van der Waals surface area contributed by atoms with Gasteiger partial charge in [0.25, 0.3) is 0 Å². The molecule has 2 heteroatoms. The molecule has 84 valence electrons. The highest BCUT2D eigenvalue weighted by Gasteiger charge is 2.36. The smallest absolute Gasteiger partial charge is 0.134 e. The first-order chi connectivity index (χ1) is 7.77. The lowest BCUT2D eigenvalue weighted by Gasteiger charge is -2.08. The topological polar surface area (TPSA) is 25.2 Å². The standard InChI is InChI=1S/C14H17NO/c1-14(6-7-14)10-15-8-11-9-16-13-5-3-2-4-12(11)13/h2-5,9,15H,6-8,10H2,1H3. The Morgan fingerprint density at radius 3 is 2.94 bits per heavy atom. The van der Waals surface area contributed by atoms with Gasteiger partial charge in [0.15, 0.2) is 0 Å². The van der Waals surface area contributed by atoms with Crippen LogP contribution in [0.25, 0.3) is 11.0 Å². The zero-order valence-electron chi connectivity index (χ0n) is 9.62. The Bertz CT molecular complexity index is 496. The molecule has 0 amide bonds. The van der Waals surface area contributed by atoms with E-state index in [0.29, 0.717) is 5.41 Å². The van der Waals surface area contributed by atoms with Crippen LogP contribution in [-0.4, -0.2) is 6.54 Å². The summed E-state index contributed by atoms with van der Waals surface area (Å²) in [6.07, 6.45) is 4.60. The molecule has 0 saturated heterocycles. The molecule has 1 N–H and O–H groups in total. The summed E-state index contributed by atoms with van der Waals surface area (Å²) in [6, 6.07) is 8.20. The monoisotopic (exact) mass is 215 g/mol. The number of hydrogen-bond acceptors (Lipinski definition) is 2. The molecule has 16 heavy (non-hydrogen) atoms. The van der Waals surface area contributed by atoms with Crippen LogP contribution < -0.4 is 5.32 Å². The fraction of sp³-hybridized carbons (Fsp3) is 0.429. The number of furan rings is 1. The summed E-state index contributed by atoms with van der Waals surface area (Å²) in [5.74, 6) is 0. The maximum Gasteiger partial charge on any atom is 0.134 e. The average Bonchev–Trinajstić information content (AvgIpc) is 2.89. The Labute approximate surface area is 95.6 Å². The largest absolute Gasteiger partial charge is 0.464 e. The summed E-state index contributed by atoms with van der Waals surface area (Å²) < 4.78 is 5.51. The van der Waals surface area contributed by atoms with Gasteiger partial charge in [0.2, 0.25) is 0 Å². The van der Waals surface area contributed by atoms with Gasteiger partial charge in [-0.15, -0.1) is 0 Å². The van der Waals surface area contributed by atoms with E-state index in [0.717, 1.165) is 18.7 Å². The van der Waals surface area contributed by atoms with E-state index in [9.17, 15) is 0 Å². The van der Waals surface area contributed by atoms with Crippen molar-refractivity contribution in [3.05, 3.63) is 36.1 Å². The van der Waals surface area contributed by atoms with Gasteiger partial charge < -0.3 is 9.73 Å². The summed E-state index contributed by atoms with van der Waals surface area (Å²) in [5, 5.41) is 4.75. The molecule has 1 fully saturated rings. The summed E-state index contributed by atoms with van der Waals surface area (Å²) in [4.78, 5) is 0. The van der Waals surface area contributed by atoms with Crippen LogP contribution in [-0.2, 0) is 6.54 Å². The second-order valence-electron chi connectivity index (χ2n) is 5.17. The van der Waals surface area contributed by atoms with E-state index in [-0.39, 0.29) is 0 Å². The van der Waals surface area contributed by atoms with Gasteiger partial charge in [-0.25, -0.2) is 0 Å². The summed E-state index contributed by atoms with van der Waals surface area (Å²) in [7, 11) is 0. The summed E-state index contributed by atoms with van der Waals surface area (Å²) in [6.45, 7) is 4.37. The highest BCUT2D eigenvalue weighted by atomic mass is 16.3. The molecule has 1 aromatic heterocycles. The number of rotatable bonds is 4. The quantitative estimate of drug-likeness (QED) is 0.846. The molecule has 0 atom stereocenters. The zero-order valence-corrected chi connectivity index (χ0v) is 9.62. The van der Waals surface area contributed by atoms with E-state index in [2.05, 4.69) is 24.4 Å². The number of nitrogens with one attached hydrogen (secondary N) is 1. The van der Waals surface area contributed by atoms with Gasteiger partial charge in [-0.1, -0.05) is 25.1 Å². The van der Waals surface area contributed by atoms with Gasteiger partial charge in [-0.2, -0.15) is 0 Å². The molecule has 0 aliphatic heterocycles. The molecule has 0 spiro atoms. The van der Waals surface area contributed by atoms with Gasteiger partial charge in [0, 0.05) is 24.0 Å². The maximum absolute atomic E-state index is 5.51. The Morgan fingerprint density at radius 1 is 1.31 bits per heavy atom. The maximum atomic E-state index is 5.51. The number of hydrogen-bond donors (Lipinski definition) is 1. The van der Waals surface area contributed by atoms with E-state index in [1.165, 1.54) is 23.8 Å². The van der Waals surface area contributed by atoms with Crippen molar-refractivity contribution < 1.29 is 4.42 Å². The SMILES string of the molecule is CC1(CNCc2coc3ccccc23)CC1. The van der Waals surface area contributed by atoms with Crippen LogP contribution in [0.4, 0.5) is 0 Å². The number of benzene rings is 1. The molecule has 1 heterocycles. The molecule has 1 aliphatic carbocycles. The van der Waals surface area contributed by atoms with Crippen molar-refractivity contribution in [2.45, 2.75) is 26.3 Å². The van der Waals surface area contributed by atoms with E-state index >= 15 is 0 Å². The minimum absolute atomic E-state index is 0.569. The van der Waals surface area contributed by atoms with Crippen molar-refractivity contribution in [1.29, 1.82) is 0 Å². The molecule has 2 nitrogen and oxygen atoms in total. The second-order valence-corrected chi connectivity index (χ2v) is 5.17. The highest BCUT2D eigenvalue weighted by Crippen LogP contribution is 2.44. The van der Waals surface area contributed by atoms with Crippen molar-refractivity contribution in [2.24, 2.45) is 5.41 Å². The first-order valence-electron chi connectivity index (χ1n) is 5.93. The minimum atomic E-state index is 0.569. The summed E-state index contributed by atoms with van der Waals surface area (Å²) >= 11 is 0. The van der Waals surface area contributed by atoms with Crippen molar-refractivity contribution in [1.82, 2.24) is 5.32 Å². The minimum Gasteiger partial charge on any atom is -0.464 e. The Hall–Kier alpha value is -1.28. The molecule has 0 radical (unpaired) electrons. The van der Waals surface area contributed by atoms with Gasteiger partial charge in [-0.3, -0.25) is 0 Å². The first-order valence-corrected chi connectivity index (χ1v) is 5.93. The lowest BCUT2D eigenvalue weighted by molar-refractivity contribution is 0.497. The third-order valence-corrected chi connectivity index (χ3v) is 3.53.